The number of carbonyl (C=O) groups is 1. The third kappa shape index (κ3) is 2.60. The number of hydrogen-bond acceptors (Lipinski definition) is 2. The number of aryl methyl sites for hydroxylation is 1. The van der Waals surface area contributed by atoms with Crippen LogP contribution in [0.2, 0.25) is 5.02 Å². The largest absolute Gasteiger partial charge is 0.449 e. The molecule has 0 fully saturated rings. The summed E-state index contributed by atoms with van der Waals surface area (Å²) in [6, 6.07) is 15.5. The smallest absolute Gasteiger partial charge is 0.418 e. The van der Waals surface area contributed by atoms with Crippen LogP contribution in [0.5, 0.6) is 0 Å². The first-order valence-electron chi connectivity index (χ1n) is 7.15. The zero-order chi connectivity index (χ0) is 15.7. The van der Waals surface area contributed by atoms with Crippen LogP contribution in [0.15, 0.2) is 48.5 Å². The van der Waals surface area contributed by atoms with Gasteiger partial charge in [-0.3, -0.25) is 0 Å². The molecule has 0 aliphatic rings. The lowest BCUT2D eigenvalue weighted by Gasteiger charge is -2.09. The molecule has 3 rings (SSSR count). The molecule has 1 aromatic heterocycles. The Morgan fingerprint density at radius 2 is 1.86 bits per heavy atom. The first kappa shape index (κ1) is 14.7. The molecule has 0 aliphatic carbocycles. The minimum atomic E-state index is -0.393. The van der Waals surface area contributed by atoms with E-state index in [1.165, 1.54) is 5.56 Å². The Bertz CT molecular complexity index is 834. The summed E-state index contributed by atoms with van der Waals surface area (Å²) < 4.78 is 6.78. The van der Waals surface area contributed by atoms with E-state index in [0.717, 1.165) is 22.2 Å². The summed E-state index contributed by atoms with van der Waals surface area (Å²) in [5, 5.41) is 1.54. The highest BCUT2D eigenvalue weighted by molar-refractivity contribution is 6.31. The van der Waals surface area contributed by atoms with E-state index in [2.05, 4.69) is 0 Å². The van der Waals surface area contributed by atoms with Gasteiger partial charge in [-0.05, 0) is 37.6 Å². The van der Waals surface area contributed by atoms with Gasteiger partial charge in [-0.2, -0.15) is 0 Å². The predicted molar refractivity (Wildman–Crippen MR) is 89.5 cm³/mol. The number of halogens is 1. The van der Waals surface area contributed by atoms with Crippen LogP contribution < -0.4 is 0 Å². The van der Waals surface area contributed by atoms with Gasteiger partial charge < -0.3 is 4.74 Å². The molecule has 0 bridgehead atoms. The molecule has 3 aromatic rings. The summed E-state index contributed by atoms with van der Waals surface area (Å²) in [4.78, 5) is 12.4. The highest BCUT2D eigenvalue weighted by Crippen LogP contribution is 2.30. The summed E-state index contributed by atoms with van der Waals surface area (Å²) in [5.74, 6) is 0. The lowest BCUT2D eigenvalue weighted by molar-refractivity contribution is 0.155. The van der Waals surface area contributed by atoms with Gasteiger partial charge in [-0.1, -0.05) is 47.5 Å². The second kappa shape index (κ2) is 5.85. The molecule has 0 aliphatic heterocycles. The lowest BCUT2D eigenvalue weighted by atomic mass is 10.1. The van der Waals surface area contributed by atoms with Crippen molar-refractivity contribution in [3.63, 3.8) is 0 Å². The maximum atomic E-state index is 12.4. The van der Waals surface area contributed by atoms with Crippen LogP contribution in [-0.4, -0.2) is 17.3 Å². The van der Waals surface area contributed by atoms with Gasteiger partial charge in [0.15, 0.2) is 0 Å². The topological polar surface area (TPSA) is 31.2 Å². The van der Waals surface area contributed by atoms with Crippen molar-refractivity contribution in [2.24, 2.45) is 0 Å². The summed E-state index contributed by atoms with van der Waals surface area (Å²) in [6.07, 6.45) is -0.393. The molecular weight excluding hydrogens is 298 g/mol. The summed E-state index contributed by atoms with van der Waals surface area (Å²) >= 11 is 6.08. The predicted octanol–water partition coefficient (Wildman–Crippen LogP) is 5.27. The van der Waals surface area contributed by atoms with E-state index >= 15 is 0 Å². The molecule has 4 heteroatoms. The van der Waals surface area contributed by atoms with E-state index in [1.54, 1.807) is 17.6 Å². The summed E-state index contributed by atoms with van der Waals surface area (Å²) in [6.45, 7) is 4.15. The Morgan fingerprint density at radius 3 is 2.55 bits per heavy atom. The van der Waals surface area contributed by atoms with Crippen LogP contribution >= 0.6 is 11.6 Å². The number of aromatic nitrogens is 1. The summed E-state index contributed by atoms with van der Waals surface area (Å²) in [7, 11) is 0. The minimum Gasteiger partial charge on any atom is -0.449 e. The third-order valence-electron chi connectivity index (χ3n) is 3.56. The van der Waals surface area contributed by atoms with Gasteiger partial charge in [-0.25, -0.2) is 9.36 Å². The third-order valence-corrected chi connectivity index (χ3v) is 3.80. The average Bonchev–Trinajstić information content (AvgIpc) is 2.86. The number of fused-ring (bicyclic) bond motifs is 1. The molecule has 0 saturated carbocycles. The van der Waals surface area contributed by atoms with Crippen molar-refractivity contribution in [3.8, 4) is 11.3 Å². The average molecular weight is 314 g/mol. The number of ether oxygens (including phenoxy) is 1. The number of rotatable bonds is 2. The number of hydrogen-bond donors (Lipinski definition) is 0. The highest BCUT2D eigenvalue weighted by Gasteiger charge is 2.17. The molecule has 2 aromatic carbocycles. The van der Waals surface area contributed by atoms with Crippen molar-refractivity contribution in [2.75, 3.05) is 6.61 Å². The molecule has 0 radical (unpaired) electrons. The first-order chi connectivity index (χ1) is 10.6. The van der Waals surface area contributed by atoms with E-state index in [9.17, 15) is 4.79 Å². The van der Waals surface area contributed by atoms with E-state index in [0.29, 0.717) is 11.6 Å². The molecule has 22 heavy (non-hydrogen) atoms. The van der Waals surface area contributed by atoms with Crippen molar-refractivity contribution in [3.05, 3.63) is 59.1 Å². The Balaban J connectivity index is 2.26. The number of nitrogens with zero attached hydrogens (tertiary/aromatic N) is 1. The van der Waals surface area contributed by atoms with Crippen molar-refractivity contribution >= 4 is 28.6 Å². The van der Waals surface area contributed by atoms with Gasteiger partial charge in [0.2, 0.25) is 0 Å². The highest BCUT2D eigenvalue weighted by atomic mass is 35.5. The standard InChI is InChI=1S/C18H16ClNO2/c1-3-22-18(21)20-16(13-6-4-12(2)5-7-13)10-14-8-9-15(19)11-17(14)20/h4-11H,3H2,1-2H3. The number of carbonyl (C=O) groups excluding carboxylic acids is 1. The van der Waals surface area contributed by atoms with Crippen molar-refractivity contribution in [1.29, 1.82) is 0 Å². The van der Waals surface area contributed by atoms with Crippen LogP contribution in [0, 0.1) is 6.92 Å². The normalized spacial score (nSPS) is 10.9. The molecule has 0 unspecified atom stereocenters. The van der Waals surface area contributed by atoms with Gasteiger partial charge in [0.05, 0.1) is 17.8 Å². The van der Waals surface area contributed by atoms with Gasteiger partial charge in [0.1, 0.15) is 0 Å². The summed E-state index contributed by atoms with van der Waals surface area (Å²) in [5.41, 5.74) is 3.69. The molecule has 0 atom stereocenters. The van der Waals surface area contributed by atoms with Crippen LogP contribution in [0.25, 0.3) is 22.2 Å². The fraction of sp³-hybridized carbons (Fsp3) is 0.167. The SMILES string of the molecule is CCOC(=O)n1c(-c2ccc(C)cc2)cc2ccc(Cl)cc21. The molecule has 0 spiro atoms. The van der Waals surface area contributed by atoms with E-state index < -0.39 is 6.09 Å². The van der Waals surface area contributed by atoms with Gasteiger partial charge >= 0.3 is 6.09 Å². The first-order valence-corrected chi connectivity index (χ1v) is 7.53. The lowest BCUT2D eigenvalue weighted by Crippen LogP contribution is -2.14. The molecule has 3 nitrogen and oxygen atoms in total. The molecule has 1 heterocycles. The Kier molecular flexibility index (Phi) is 3.90. The Hall–Kier alpha value is -2.26. The van der Waals surface area contributed by atoms with Gasteiger partial charge in [0.25, 0.3) is 0 Å². The Morgan fingerprint density at radius 1 is 1.14 bits per heavy atom. The van der Waals surface area contributed by atoms with E-state index in [1.807, 2.05) is 49.4 Å². The second-order valence-corrected chi connectivity index (χ2v) is 5.57. The maximum Gasteiger partial charge on any atom is 0.418 e. The van der Waals surface area contributed by atoms with Crippen LogP contribution in [-0.2, 0) is 4.74 Å². The zero-order valence-corrected chi connectivity index (χ0v) is 13.2. The van der Waals surface area contributed by atoms with Crippen LogP contribution in [0.4, 0.5) is 4.79 Å². The quantitative estimate of drug-likeness (QED) is 0.645. The Labute approximate surface area is 134 Å². The molecule has 112 valence electrons. The molecule has 0 amide bonds. The van der Waals surface area contributed by atoms with Gasteiger partial charge in [0, 0.05) is 10.4 Å². The van der Waals surface area contributed by atoms with Crippen LogP contribution in [0.3, 0.4) is 0 Å². The molecule has 0 N–H and O–H groups in total. The zero-order valence-electron chi connectivity index (χ0n) is 12.5. The molecule has 0 saturated heterocycles. The van der Waals surface area contributed by atoms with Gasteiger partial charge in [-0.15, -0.1) is 0 Å². The minimum absolute atomic E-state index is 0.326. The fourth-order valence-electron chi connectivity index (χ4n) is 2.50. The fourth-order valence-corrected chi connectivity index (χ4v) is 2.66. The monoisotopic (exact) mass is 313 g/mol. The maximum absolute atomic E-state index is 12.4. The molecular formula is C18H16ClNO2. The van der Waals surface area contributed by atoms with E-state index in [4.69, 9.17) is 16.3 Å². The van der Waals surface area contributed by atoms with Crippen molar-refractivity contribution < 1.29 is 9.53 Å². The van der Waals surface area contributed by atoms with Crippen LogP contribution in [0.1, 0.15) is 12.5 Å². The van der Waals surface area contributed by atoms with Crippen molar-refractivity contribution in [2.45, 2.75) is 13.8 Å². The number of benzene rings is 2. The second-order valence-electron chi connectivity index (χ2n) is 5.13. The van der Waals surface area contributed by atoms with Crippen molar-refractivity contribution in [1.82, 2.24) is 4.57 Å². The van der Waals surface area contributed by atoms with E-state index in [-0.39, 0.29) is 0 Å².